The average molecular weight is 298 g/mol. The third-order valence-electron chi connectivity index (χ3n) is 3.40. The first-order chi connectivity index (χ1) is 9.45. The Morgan fingerprint density at radius 3 is 0.905 bits per heavy atom. The van der Waals surface area contributed by atoms with E-state index in [9.17, 15) is 0 Å². The Bertz CT molecular complexity index is 535. The number of benzene rings is 3. The van der Waals surface area contributed by atoms with Gasteiger partial charge in [-0.3, -0.25) is 0 Å². The molecule has 0 heterocycles. The van der Waals surface area contributed by atoms with Crippen LogP contribution in [0.15, 0.2) is 91.0 Å². The van der Waals surface area contributed by atoms with Crippen molar-refractivity contribution in [3.63, 3.8) is 0 Å². The molecule has 3 aromatic carbocycles. The van der Waals surface area contributed by atoms with E-state index in [1.807, 2.05) is 0 Å². The van der Waals surface area contributed by atoms with Crippen LogP contribution in [0.25, 0.3) is 0 Å². The van der Waals surface area contributed by atoms with Crippen molar-refractivity contribution in [2.45, 2.75) is 0 Å². The minimum absolute atomic E-state index is 0. The van der Waals surface area contributed by atoms with Gasteiger partial charge in [0.2, 0.25) is 6.71 Å². The Balaban J connectivity index is 0.00000110. The summed E-state index contributed by atoms with van der Waals surface area (Å²) in [5.41, 5.74) is 4.00. The minimum Gasteiger partial charge on any atom is -0.870 e. The molecule has 0 radical (unpaired) electrons. The van der Waals surface area contributed by atoms with Crippen LogP contribution in [0.2, 0.25) is 0 Å². The Hall–Kier alpha value is -0.679. The summed E-state index contributed by atoms with van der Waals surface area (Å²) in [5.74, 6) is 0. The Morgan fingerprint density at radius 1 is 0.429 bits per heavy atom. The summed E-state index contributed by atoms with van der Waals surface area (Å²) in [6.07, 6.45) is 0. The average Bonchev–Trinajstić information content (AvgIpc) is 2.51. The summed E-state index contributed by atoms with van der Waals surface area (Å²) in [4.78, 5) is 0. The van der Waals surface area contributed by atoms with Gasteiger partial charge in [0.25, 0.3) is 0 Å². The maximum absolute atomic E-state index is 2.20. The van der Waals surface area contributed by atoms with Gasteiger partial charge < -0.3 is 5.48 Å². The fraction of sp³-hybridized carbons (Fsp3) is 0. The second kappa shape index (κ2) is 9.36. The van der Waals surface area contributed by atoms with Gasteiger partial charge in [-0.2, -0.15) is 0 Å². The van der Waals surface area contributed by atoms with Crippen molar-refractivity contribution >= 4 is 23.1 Å². The van der Waals surface area contributed by atoms with Crippen LogP contribution in [-0.4, -0.2) is 12.2 Å². The maximum Gasteiger partial charge on any atom is 1.00 e. The molecule has 0 aliphatic heterocycles. The van der Waals surface area contributed by atoms with Gasteiger partial charge in [-0.25, -0.2) is 0 Å². The van der Waals surface area contributed by atoms with Crippen LogP contribution < -0.4 is 67.8 Å². The van der Waals surface area contributed by atoms with Gasteiger partial charge in [-0.1, -0.05) is 107 Å². The summed E-state index contributed by atoms with van der Waals surface area (Å²) in [6.45, 7) is 0.309. The fourth-order valence-corrected chi connectivity index (χ4v) is 2.51. The molecule has 0 bridgehead atoms. The van der Waals surface area contributed by atoms with Gasteiger partial charge >= 0.3 is 51.4 Å². The van der Waals surface area contributed by atoms with Gasteiger partial charge in [-0.15, -0.1) is 0 Å². The van der Waals surface area contributed by atoms with E-state index >= 15 is 0 Å². The van der Waals surface area contributed by atoms with Crippen molar-refractivity contribution in [2.24, 2.45) is 0 Å². The van der Waals surface area contributed by atoms with Crippen molar-refractivity contribution in [1.82, 2.24) is 0 Å². The standard InChI is InChI=1S/C18H15B.K.H2O/c1-4-10-16(11-5-1)19(17-12-6-2-7-13-17)18-14-8-3-9-15-18;;/h1-15H;;1H2/q;+1;/p-1. The predicted molar refractivity (Wildman–Crippen MR) is 85.9 cm³/mol. The van der Waals surface area contributed by atoms with Crippen LogP contribution in [0.1, 0.15) is 0 Å². The maximum atomic E-state index is 2.20. The van der Waals surface area contributed by atoms with E-state index in [-0.39, 0.29) is 56.9 Å². The molecule has 0 saturated heterocycles. The molecule has 3 aromatic rings. The van der Waals surface area contributed by atoms with E-state index in [4.69, 9.17) is 0 Å². The molecule has 0 atom stereocenters. The first-order valence-electron chi connectivity index (χ1n) is 6.60. The van der Waals surface area contributed by atoms with Crippen LogP contribution in [-0.2, 0) is 0 Å². The molecule has 0 fully saturated rings. The van der Waals surface area contributed by atoms with Crippen LogP contribution in [0.5, 0.6) is 0 Å². The molecule has 21 heavy (non-hydrogen) atoms. The normalized spacial score (nSPS) is 9.14. The molecule has 98 valence electrons. The second-order valence-corrected chi connectivity index (χ2v) is 4.67. The molecular weight excluding hydrogens is 282 g/mol. The smallest absolute Gasteiger partial charge is 0.870 e. The molecule has 0 unspecified atom stereocenters. The van der Waals surface area contributed by atoms with Gasteiger partial charge in [0.05, 0.1) is 0 Å². The van der Waals surface area contributed by atoms with E-state index < -0.39 is 0 Å². The van der Waals surface area contributed by atoms with Crippen molar-refractivity contribution in [2.75, 3.05) is 0 Å². The van der Waals surface area contributed by atoms with Crippen molar-refractivity contribution < 1.29 is 56.9 Å². The van der Waals surface area contributed by atoms with E-state index in [2.05, 4.69) is 91.0 Å². The number of hydrogen-bond donors (Lipinski definition) is 0. The molecule has 0 saturated carbocycles. The summed E-state index contributed by atoms with van der Waals surface area (Å²) >= 11 is 0. The van der Waals surface area contributed by atoms with E-state index in [1.54, 1.807) is 0 Å². The Kier molecular flexibility index (Phi) is 8.19. The molecule has 0 aliphatic carbocycles. The first-order valence-corrected chi connectivity index (χ1v) is 6.60. The van der Waals surface area contributed by atoms with Crippen LogP contribution >= 0.6 is 0 Å². The van der Waals surface area contributed by atoms with E-state index in [0.717, 1.165) is 0 Å². The predicted octanol–water partition coefficient (Wildman–Crippen LogP) is -0.970. The van der Waals surface area contributed by atoms with Gasteiger partial charge in [0.1, 0.15) is 0 Å². The molecule has 1 nitrogen and oxygen atoms in total. The molecular formula is C18H16BKO. The van der Waals surface area contributed by atoms with Crippen molar-refractivity contribution in [1.29, 1.82) is 0 Å². The third-order valence-corrected chi connectivity index (χ3v) is 3.40. The Morgan fingerprint density at radius 2 is 0.667 bits per heavy atom. The third kappa shape index (κ3) is 4.65. The molecule has 0 spiro atoms. The monoisotopic (exact) mass is 298 g/mol. The zero-order valence-corrected chi connectivity index (χ0v) is 15.3. The molecule has 0 aromatic heterocycles. The molecule has 3 rings (SSSR count). The van der Waals surface area contributed by atoms with Gasteiger partial charge in [0.15, 0.2) is 0 Å². The van der Waals surface area contributed by atoms with Crippen LogP contribution in [0.4, 0.5) is 0 Å². The largest absolute Gasteiger partial charge is 1.00 e. The topological polar surface area (TPSA) is 30.0 Å². The van der Waals surface area contributed by atoms with E-state index in [1.165, 1.54) is 16.4 Å². The minimum atomic E-state index is 0. The van der Waals surface area contributed by atoms with Crippen molar-refractivity contribution in [3.05, 3.63) is 91.0 Å². The SMILES string of the molecule is [K+].[OH-].c1ccc(B(c2ccccc2)c2ccccc2)cc1. The number of hydrogen-bond acceptors (Lipinski definition) is 1. The zero-order chi connectivity index (χ0) is 12.9. The van der Waals surface area contributed by atoms with Crippen LogP contribution in [0.3, 0.4) is 0 Å². The van der Waals surface area contributed by atoms with Crippen molar-refractivity contribution in [3.8, 4) is 0 Å². The quantitative estimate of drug-likeness (QED) is 0.572. The van der Waals surface area contributed by atoms with E-state index in [0.29, 0.717) is 6.71 Å². The fourth-order valence-electron chi connectivity index (χ4n) is 2.51. The van der Waals surface area contributed by atoms with Gasteiger partial charge in [0, 0.05) is 0 Å². The summed E-state index contributed by atoms with van der Waals surface area (Å²) < 4.78 is 0. The molecule has 1 N–H and O–H groups in total. The summed E-state index contributed by atoms with van der Waals surface area (Å²) in [6, 6.07) is 32.0. The molecule has 0 amide bonds. The zero-order valence-electron chi connectivity index (χ0n) is 12.2. The van der Waals surface area contributed by atoms with Crippen LogP contribution in [0, 0.1) is 0 Å². The molecule has 0 aliphatic rings. The summed E-state index contributed by atoms with van der Waals surface area (Å²) in [5, 5.41) is 0. The summed E-state index contributed by atoms with van der Waals surface area (Å²) in [7, 11) is 0. The first kappa shape index (κ1) is 18.4. The Labute approximate surface area is 169 Å². The number of rotatable bonds is 3. The molecule has 3 heteroatoms. The van der Waals surface area contributed by atoms with Gasteiger partial charge in [-0.05, 0) is 0 Å². The second-order valence-electron chi connectivity index (χ2n) is 4.67.